The van der Waals surface area contributed by atoms with E-state index in [4.69, 9.17) is 10.3 Å². The maximum atomic E-state index is 5.85. The summed E-state index contributed by atoms with van der Waals surface area (Å²) in [6.07, 6.45) is 0. The van der Waals surface area contributed by atoms with E-state index in [1.165, 1.54) is 4.90 Å². The van der Waals surface area contributed by atoms with Gasteiger partial charge in [0.05, 0.1) is 6.61 Å². The molecule has 0 radical (unpaired) electrons. The van der Waals surface area contributed by atoms with Crippen LogP contribution in [0, 0.1) is 12.8 Å². The van der Waals surface area contributed by atoms with E-state index in [0.717, 1.165) is 20.7 Å². The van der Waals surface area contributed by atoms with E-state index in [9.17, 15) is 0 Å². The van der Waals surface area contributed by atoms with Crippen molar-refractivity contribution >= 4 is 33.4 Å². The topological polar surface area (TPSA) is 47.2 Å². The average Bonchev–Trinajstić information content (AvgIpc) is 2.49. The van der Waals surface area contributed by atoms with E-state index >= 15 is 0 Å². The predicted octanol–water partition coefficient (Wildman–Crippen LogP) is 4.79. The Kier molecular flexibility index (Phi) is 6.03. The Balaban J connectivity index is 2.28. The van der Waals surface area contributed by atoms with Crippen molar-refractivity contribution in [1.82, 2.24) is 0 Å². The minimum absolute atomic E-state index is 0.453. The first kappa shape index (κ1) is 17.0. The average molecular weight is 380 g/mol. The third-order valence-corrected chi connectivity index (χ3v) is 4.71. The summed E-state index contributed by atoms with van der Waals surface area (Å²) in [6, 6.07) is 12.2. The van der Waals surface area contributed by atoms with E-state index in [0.29, 0.717) is 18.2 Å². The molecule has 0 saturated heterocycles. The zero-order valence-electron chi connectivity index (χ0n) is 13.0. The summed E-state index contributed by atoms with van der Waals surface area (Å²) < 4.78 is 6.92. The van der Waals surface area contributed by atoms with E-state index in [2.05, 4.69) is 53.9 Å². The molecule has 2 aromatic carbocycles. The van der Waals surface area contributed by atoms with Crippen molar-refractivity contribution in [3.8, 4) is 5.75 Å². The molecule has 0 amide bonds. The van der Waals surface area contributed by atoms with Crippen LogP contribution < -0.4 is 10.3 Å². The lowest BCUT2D eigenvalue weighted by Gasteiger charge is -2.13. The predicted molar refractivity (Wildman–Crippen MR) is 93.8 cm³/mol. The van der Waals surface area contributed by atoms with Gasteiger partial charge >= 0.3 is 0 Å². The van der Waals surface area contributed by atoms with Crippen LogP contribution in [-0.2, 0) is 0 Å². The fourth-order valence-corrected chi connectivity index (χ4v) is 3.04. The molecule has 2 rings (SSSR count). The largest absolute Gasteiger partial charge is 0.491 e. The molecule has 0 aliphatic carbocycles. The minimum Gasteiger partial charge on any atom is -0.491 e. The Morgan fingerprint density at radius 1 is 1.23 bits per heavy atom. The summed E-state index contributed by atoms with van der Waals surface area (Å²) in [6.45, 7) is 6.94. The molecule has 0 bridgehead atoms. The first-order valence-electron chi connectivity index (χ1n) is 7.11. The molecule has 0 aliphatic heterocycles. The van der Waals surface area contributed by atoms with Crippen molar-refractivity contribution in [2.75, 3.05) is 6.61 Å². The number of rotatable bonds is 6. The van der Waals surface area contributed by atoms with Gasteiger partial charge in [-0.15, -0.1) is 0 Å². The van der Waals surface area contributed by atoms with Crippen LogP contribution in [0.2, 0.25) is 0 Å². The Morgan fingerprint density at radius 2 is 1.91 bits per heavy atom. The molecule has 2 N–H and O–H groups in total. The molecule has 0 unspecified atom stereocenters. The van der Waals surface area contributed by atoms with Crippen LogP contribution >= 0.6 is 27.7 Å². The lowest BCUT2D eigenvalue weighted by atomic mass is 10.2. The lowest BCUT2D eigenvalue weighted by molar-refractivity contribution is -0.210. The van der Waals surface area contributed by atoms with Gasteiger partial charge in [-0.25, -0.2) is 0 Å². The smallest absolute Gasteiger partial charge is 0.172 e. The van der Waals surface area contributed by atoms with Crippen LogP contribution in [0.5, 0.6) is 5.75 Å². The molecular weight excluding hydrogens is 360 g/mol. The number of ether oxygens (including phenoxy) is 1. The van der Waals surface area contributed by atoms with Crippen molar-refractivity contribution in [3.05, 3.63) is 46.4 Å². The molecular formula is C17H20BrN2OS+. The number of benzene rings is 2. The Morgan fingerprint density at radius 3 is 2.50 bits per heavy atom. The van der Waals surface area contributed by atoms with Crippen LogP contribution in [0.1, 0.15) is 19.4 Å². The molecule has 0 aliphatic rings. The number of nitrogens with zero attached hydrogens (tertiary/aromatic N) is 1. The normalized spacial score (nSPS) is 10.8. The van der Waals surface area contributed by atoms with Crippen molar-refractivity contribution in [3.63, 3.8) is 0 Å². The minimum atomic E-state index is 0.453. The summed E-state index contributed by atoms with van der Waals surface area (Å²) in [4.78, 5) is 2.33. The second kappa shape index (κ2) is 7.79. The quantitative estimate of drug-likeness (QED) is 0.733. The molecule has 0 aromatic heterocycles. The van der Waals surface area contributed by atoms with Crippen LogP contribution in [0.3, 0.4) is 0 Å². The van der Waals surface area contributed by atoms with Crippen LogP contribution in [-0.4, -0.2) is 6.61 Å². The van der Waals surface area contributed by atoms with E-state index < -0.39 is 0 Å². The first-order chi connectivity index (χ1) is 10.5. The monoisotopic (exact) mass is 379 g/mol. The number of nitrogens with two attached hydrogens (primary N) is 1. The molecule has 116 valence electrons. The van der Waals surface area contributed by atoms with Gasteiger partial charge in [0.15, 0.2) is 11.4 Å². The third-order valence-electron chi connectivity index (χ3n) is 3.01. The van der Waals surface area contributed by atoms with Gasteiger partial charge in [0, 0.05) is 14.3 Å². The Labute approximate surface area is 144 Å². The number of hydrogen-bond donors (Lipinski definition) is 1. The van der Waals surface area contributed by atoms with Crippen molar-refractivity contribution in [2.45, 2.75) is 30.6 Å². The standard InChI is InChI=1S/C17H19BrN2OS/c1-11(2)10-21-16-9-17(12(3)8-15(16)20-19)22-14-6-4-13(18)5-7-14/h4-9,11,19H,10H2,1-3H3/p+1. The second-order valence-electron chi connectivity index (χ2n) is 5.48. The maximum absolute atomic E-state index is 5.85. The molecule has 3 nitrogen and oxygen atoms in total. The summed E-state index contributed by atoms with van der Waals surface area (Å²) in [7, 11) is 0. The van der Waals surface area contributed by atoms with Gasteiger partial charge in [-0.2, -0.15) is 5.53 Å². The van der Waals surface area contributed by atoms with Crippen molar-refractivity contribution in [2.24, 2.45) is 11.0 Å². The molecule has 5 heteroatoms. The maximum Gasteiger partial charge on any atom is 0.172 e. The molecule has 0 atom stereocenters. The summed E-state index contributed by atoms with van der Waals surface area (Å²) in [5.74, 6) is 1.19. The van der Waals surface area contributed by atoms with Gasteiger partial charge in [0.1, 0.15) is 0 Å². The molecule has 2 aromatic rings. The highest BCUT2D eigenvalue weighted by Crippen LogP contribution is 2.38. The molecule has 0 heterocycles. The Bertz CT molecular complexity index is 656. The van der Waals surface area contributed by atoms with Gasteiger partial charge in [-0.3, -0.25) is 0 Å². The van der Waals surface area contributed by atoms with E-state index in [1.807, 2.05) is 24.3 Å². The second-order valence-corrected chi connectivity index (χ2v) is 7.51. The van der Waals surface area contributed by atoms with E-state index in [-0.39, 0.29) is 0 Å². The lowest BCUT2D eigenvalue weighted by Crippen LogP contribution is -2.22. The molecule has 0 saturated carbocycles. The van der Waals surface area contributed by atoms with Gasteiger partial charge in [0.2, 0.25) is 0 Å². The zero-order valence-corrected chi connectivity index (χ0v) is 15.4. The molecule has 22 heavy (non-hydrogen) atoms. The summed E-state index contributed by atoms with van der Waals surface area (Å²) in [5.41, 5.74) is 7.30. The van der Waals surface area contributed by atoms with Crippen molar-refractivity contribution < 1.29 is 10.3 Å². The third kappa shape index (κ3) is 4.58. The van der Waals surface area contributed by atoms with Gasteiger partial charge < -0.3 is 4.74 Å². The zero-order chi connectivity index (χ0) is 16.1. The van der Waals surface area contributed by atoms with Crippen LogP contribution in [0.15, 0.2) is 55.8 Å². The fourth-order valence-electron chi connectivity index (χ4n) is 1.87. The highest BCUT2D eigenvalue weighted by molar-refractivity contribution is 9.10. The summed E-state index contributed by atoms with van der Waals surface area (Å²) >= 11 is 5.16. The number of halogens is 1. The highest BCUT2D eigenvalue weighted by atomic mass is 79.9. The highest BCUT2D eigenvalue weighted by Gasteiger charge is 2.12. The van der Waals surface area contributed by atoms with Crippen LogP contribution in [0.4, 0.5) is 5.69 Å². The summed E-state index contributed by atoms with van der Waals surface area (Å²) in [5, 5.41) is 3.83. The van der Waals surface area contributed by atoms with Crippen LogP contribution in [0.25, 0.3) is 0 Å². The number of aryl methyl sites for hydroxylation is 1. The fraction of sp³-hybridized carbons (Fsp3) is 0.294. The molecule has 0 spiro atoms. The SMILES string of the molecule is Cc1cc(N=[NH2+])c(OCC(C)C)cc1Sc1ccc(Br)cc1. The molecule has 0 fully saturated rings. The first-order valence-corrected chi connectivity index (χ1v) is 8.72. The number of hydrogen-bond acceptors (Lipinski definition) is 3. The van der Waals surface area contributed by atoms with E-state index in [1.54, 1.807) is 11.8 Å². The Hall–Kier alpha value is -1.33. The van der Waals surface area contributed by atoms with Gasteiger partial charge in [0.25, 0.3) is 0 Å². The van der Waals surface area contributed by atoms with Gasteiger partial charge in [-0.05, 0) is 59.9 Å². The van der Waals surface area contributed by atoms with Crippen molar-refractivity contribution in [1.29, 1.82) is 0 Å². The van der Waals surface area contributed by atoms with Gasteiger partial charge in [-0.1, -0.05) is 41.5 Å².